The first kappa shape index (κ1) is 13.5. The van der Waals surface area contributed by atoms with Crippen molar-refractivity contribution in [1.29, 1.82) is 5.26 Å². The van der Waals surface area contributed by atoms with E-state index in [2.05, 4.69) is 4.98 Å². The van der Waals surface area contributed by atoms with E-state index in [0.29, 0.717) is 16.8 Å². The van der Waals surface area contributed by atoms with Crippen molar-refractivity contribution in [3.63, 3.8) is 0 Å². The molecule has 104 valence electrons. The number of fused-ring (bicyclic) bond motifs is 1. The summed E-state index contributed by atoms with van der Waals surface area (Å²) in [6.45, 7) is 0.316. The van der Waals surface area contributed by atoms with E-state index < -0.39 is 0 Å². The Bertz CT molecular complexity index is 890. The van der Waals surface area contributed by atoms with E-state index in [4.69, 9.17) is 5.26 Å². The normalized spacial score (nSPS) is 10.7. The van der Waals surface area contributed by atoms with Gasteiger partial charge in [-0.15, -0.1) is 11.3 Å². The molecular weight excluding hydrogens is 289 g/mol. The number of nitriles is 1. The minimum Gasteiger partial charge on any atom is -0.298 e. The van der Waals surface area contributed by atoms with Crippen LogP contribution in [-0.4, -0.2) is 9.55 Å². The number of hydrogen-bond donors (Lipinski definition) is 0. The fourth-order valence-electron chi connectivity index (χ4n) is 2.14. The molecule has 0 amide bonds. The van der Waals surface area contributed by atoms with Crippen molar-refractivity contribution < 1.29 is 4.39 Å². The molecule has 0 saturated heterocycles. The number of thiophene rings is 1. The summed E-state index contributed by atoms with van der Waals surface area (Å²) in [5, 5.41) is 11.0. The van der Waals surface area contributed by atoms with E-state index in [0.717, 1.165) is 11.1 Å². The predicted octanol–water partition coefficient (Wildman–Crippen LogP) is 3.18. The lowest BCUT2D eigenvalue weighted by molar-refractivity contribution is 0.628. The highest BCUT2D eigenvalue weighted by Crippen LogP contribution is 2.30. The molecule has 0 fully saturated rings. The van der Waals surface area contributed by atoms with Gasteiger partial charge in [-0.05, 0) is 17.7 Å². The molecule has 0 bridgehead atoms. The van der Waals surface area contributed by atoms with Gasteiger partial charge < -0.3 is 0 Å². The van der Waals surface area contributed by atoms with Crippen LogP contribution in [0.2, 0.25) is 0 Å². The largest absolute Gasteiger partial charge is 0.298 e. The maximum Gasteiger partial charge on any atom is 0.262 e. The van der Waals surface area contributed by atoms with E-state index >= 15 is 0 Å². The van der Waals surface area contributed by atoms with Crippen molar-refractivity contribution in [2.75, 3.05) is 0 Å². The lowest BCUT2D eigenvalue weighted by Gasteiger charge is -2.03. The van der Waals surface area contributed by atoms with Gasteiger partial charge >= 0.3 is 0 Å². The number of rotatable bonds is 3. The molecule has 6 heteroatoms. The van der Waals surface area contributed by atoms with Gasteiger partial charge in [-0.25, -0.2) is 9.37 Å². The molecule has 2 heterocycles. The molecule has 0 unspecified atom stereocenters. The molecular formula is C15H10FN3OS. The fraction of sp³-hybridized carbons (Fsp3) is 0.133. The van der Waals surface area contributed by atoms with Gasteiger partial charge in [0.15, 0.2) is 0 Å². The molecule has 0 radical (unpaired) electrons. The zero-order chi connectivity index (χ0) is 14.8. The van der Waals surface area contributed by atoms with Crippen LogP contribution in [0.5, 0.6) is 0 Å². The van der Waals surface area contributed by atoms with Gasteiger partial charge in [0.2, 0.25) is 0 Å². The molecule has 0 aliphatic carbocycles. The molecule has 1 aromatic carbocycles. The van der Waals surface area contributed by atoms with E-state index in [-0.39, 0.29) is 17.8 Å². The number of hydrogen-bond acceptors (Lipinski definition) is 4. The van der Waals surface area contributed by atoms with E-state index in [9.17, 15) is 9.18 Å². The van der Waals surface area contributed by atoms with E-state index in [1.165, 1.54) is 34.4 Å². The maximum atomic E-state index is 13.0. The monoisotopic (exact) mass is 299 g/mol. The average Bonchev–Trinajstić information content (AvgIpc) is 2.92. The Morgan fingerprint density at radius 3 is 2.81 bits per heavy atom. The minimum atomic E-state index is -0.317. The molecule has 0 spiro atoms. The highest BCUT2D eigenvalue weighted by atomic mass is 32.1. The predicted molar refractivity (Wildman–Crippen MR) is 79.5 cm³/mol. The Kier molecular flexibility index (Phi) is 3.50. The standard InChI is InChI=1S/C15H10FN3OS/c16-11-4-2-10(3-5-11)12-8-21-14-13(12)15(20)19(9-18-14)7-1-6-17/h2-5,8-9H,1,7H2. The van der Waals surface area contributed by atoms with Crippen molar-refractivity contribution in [2.45, 2.75) is 13.0 Å². The molecule has 2 aromatic heterocycles. The second-order valence-electron chi connectivity index (χ2n) is 4.49. The molecule has 0 aliphatic rings. The molecule has 0 aliphatic heterocycles. The highest BCUT2D eigenvalue weighted by Gasteiger charge is 2.13. The summed E-state index contributed by atoms with van der Waals surface area (Å²) >= 11 is 1.38. The zero-order valence-corrected chi connectivity index (χ0v) is 11.7. The molecule has 0 N–H and O–H groups in total. The first-order chi connectivity index (χ1) is 10.2. The smallest absolute Gasteiger partial charge is 0.262 e. The summed E-state index contributed by atoms with van der Waals surface area (Å²) in [6.07, 6.45) is 1.72. The summed E-state index contributed by atoms with van der Waals surface area (Å²) in [5.74, 6) is -0.317. The fourth-order valence-corrected chi connectivity index (χ4v) is 3.05. The van der Waals surface area contributed by atoms with Gasteiger partial charge in [-0.3, -0.25) is 9.36 Å². The van der Waals surface area contributed by atoms with Gasteiger partial charge in [-0.2, -0.15) is 5.26 Å². The van der Waals surface area contributed by atoms with Crippen molar-refractivity contribution in [2.24, 2.45) is 0 Å². The van der Waals surface area contributed by atoms with Gasteiger partial charge in [-0.1, -0.05) is 12.1 Å². The number of nitrogens with zero attached hydrogens (tertiary/aromatic N) is 3. The second kappa shape index (κ2) is 5.46. The van der Waals surface area contributed by atoms with Crippen LogP contribution in [0.3, 0.4) is 0 Å². The second-order valence-corrected chi connectivity index (χ2v) is 5.35. The first-order valence-electron chi connectivity index (χ1n) is 6.30. The van der Waals surface area contributed by atoms with Crippen LogP contribution in [0.15, 0.2) is 40.8 Å². The topological polar surface area (TPSA) is 58.7 Å². The average molecular weight is 299 g/mol. The number of benzene rings is 1. The summed E-state index contributed by atoms with van der Waals surface area (Å²) in [6, 6.07) is 8.02. The van der Waals surface area contributed by atoms with Crippen molar-refractivity contribution >= 4 is 21.6 Å². The Labute approximate surface area is 123 Å². The number of halogens is 1. The summed E-state index contributed by atoms with van der Waals surface area (Å²) in [5.41, 5.74) is 1.36. The first-order valence-corrected chi connectivity index (χ1v) is 7.18. The third-order valence-corrected chi connectivity index (χ3v) is 4.07. The molecule has 4 nitrogen and oxygen atoms in total. The number of aryl methyl sites for hydroxylation is 1. The molecule has 0 saturated carbocycles. The molecule has 3 rings (SSSR count). The summed E-state index contributed by atoms with van der Waals surface area (Å²) in [7, 11) is 0. The Morgan fingerprint density at radius 1 is 1.33 bits per heavy atom. The molecule has 21 heavy (non-hydrogen) atoms. The van der Waals surface area contributed by atoms with E-state index in [1.807, 2.05) is 11.4 Å². The van der Waals surface area contributed by atoms with Gasteiger partial charge in [0.1, 0.15) is 10.6 Å². The van der Waals surface area contributed by atoms with E-state index in [1.54, 1.807) is 12.1 Å². The van der Waals surface area contributed by atoms with Crippen molar-refractivity contribution in [1.82, 2.24) is 9.55 Å². The van der Waals surface area contributed by atoms with Gasteiger partial charge in [0, 0.05) is 17.5 Å². The highest BCUT2D eigenvalue weighted by molar-refractivity contribution is 7.17. The van der Waals surface area contributed by atoms with Crippen LogP contribution in [0, 0.1) is 17.1 Å². The Morgan fingerprint density at radius 2 is 2.10 bits per heavy atom. The third kappa shape index (κ3) is 2.43. The SMILES string of the molecule is N#CCCn1cnc2scc(-c3ccc(F)cc3)c2c1=O. The van der Waals surface area contributed by atoms with Crippen LogP contribution in [0.25, 0.3) is 21.3 Å². The third-order valence-electron chi connectivity index (χ3n) is 3.18. The van der Waals surface area contributed by atoms with Crippen LogP contribution in [-0.2, 0) is 6.54 Å². The van der Waals surface area contributed by atoms with Crippen LogP contribution < -0.4 is 5.56 Å². The molecule has 3 aromatic rings. The zero-order valence-electron chi connectivity index (χ0n) is 10.9. The van der Waals surface area contributed by atoms with Crippen molar-refractivity contribution in [3.8, 4) is 17.2 Å². The molecule has 0 atom stereocenters. The van der Waals surface area contributed by atoms with Gasteiger partial charge in [0.05, 0.1) is 24.2 Å². The van der Waals surface area contributed by atoms with Crippen LogP contribution in [0.4, 0.5) is 4.39 Å². The lowest BCUT2D eigenvalue weighted by atomic mass is 10.1. The summed E-state index contributed by atoms with van der Waals surface area (Å²) < 4.78 is 14.5. The Balaban J connectivity index is 2.18. The van der Waals surface area contributed by atoms with Gasteiger partial charge in [0.25, 0.3) is 5.56 Å². The minimum absolute atomic E-state index is 0.171. The lowest BCUT2D eigenvalue weighted by Crippen LogP contribution is -2.20. The summed E-state index contributed by atoms with van der Waals surface area (Å²) in [4.78, 5) is 17.4. The number of aromatic nitrogens is 2. The quantitative estimate of drug-likeness (QED) is 0.746. The van der Waals surface area contributed by atoms with Crippen molar-refractivity contribution in [3.05, 3.63) is 52.1 Å². The Hall–Kier alpha value is -2.52. The van der Waals surface area contributed by atoms with Crippen LogP contribution in [0.1, 0.15) is 6.42 Å². The maximum absolute atomic E-state index is 13.0. The van der Waals surface area contributed by atoms with Crippen LogP contribution >= 0.6 is 11.3 Å².